The van der Waals surface area contributed by atoms with Crippen LogP contribution in [0.4, 0.5) is 11.6 Å². The van der Waals surface area contributed by atoms with Gasteiger partial charge in [-0.2, -0.15) is 0 Å². The Hall–Kier alpha value is -2.96. The average Bonchev–Trinajstić information content (AvgIpc) is 3.01. The van der Waals surface area contributed by atoms with Crippen LogP contribution >= 0.6 is 0 Å². The fraction of sp³-hybridized carbons (Fsp3) is 0.368. The van der Waals surface area contributed by atoms with Gasteiger partial charge in [0.05, 0.1) is 5.92 Å². The molecule has 0 spiro atoms. The minimum absolute atomic E-state index is 0.0444. The summed E-state index contributed by atoms with van der Waals surface area (Å²) in [5.74, 6) is -0.357. The first kappa shape index (κ1) is 17.8. The molecule has 1 saturated heterocycles. The molecule has 136 valence electrons. The summed E-state index contributed by atoms with van der Waals surface area (Å²) in [6.07, 6.45) is 1.14. The number of anilines is 2. The zero-order valence-electron chi connectivity index (χ0n) is 15.2. The van der Waals surface area contributed by atoms with Crippen molar-refractivity contribution < 1.29 is 9.59 Å². The Morgan fingerprint density at radius 2 is 1.85 bits per heavy atom. The van der Waals surface area contributed by atoms with Gasteiger partial charge in [-0.15, -0.1) is 0 Å². The highest BCUT2D eigenvalue weighted by Crippen LogP contribution is 2.25. The molecule has 7 nitrogen and oxygen atoms in total. The van der Waals surface area contributed by atoms with Gasteiger partial charge in [0.15, 0.2) is 0 Å². The topological polar surface area (TPSA) is 87.2 Å². The normalized spacial score (nSPS) is 16.7. The van der Waals surface area contributed by atoms with Crippen molar-refractivity contribution in [3.63, 3.8) is 0 Å². The van der Waals surface area contributed by atoms with E-state index in [0.29, 0.717) is 12.5 Å². The number of aromatic nitrogens is 2. The summed E-state index contributed by atoms with van der Waals surface area (Å²) in [5.41, 5.74) is 9.02. The first-order valence-electron chi connectivity index (χ1n) is 8.73. The second-order valence-electron chi connectivity index (χ2n) is 6.51. The molecule has 3 rings (SSSR count). The Balaban J connectivity index is 1.61. The first-order valence-corrected chi connectivity index (χ1v) is 8.73. The maximum atomic E-state index is 12.4. The summed E-state index contributed by atoms with van der Waals surface area (Å²) < 4.78 is 0. The molecule has 0 bridgehead atoms. The van der Waals surface area contributed by atoms with Gasteiger partial charge in [0.1, 0.15) is 0 Å². The van der Waals surface area contributed by atoms with E-state index in [9.17, 15) is 9.59 Å². The van der Waals surface area contributed by atoms with Crippen molar-refractivity contribution >= 4 is 23.5 Å². The summed E-state index contributed by atoms with van der Waals surface area (Å²) in [7, 11) is 0. The lowest BCUT2D eigenvalue weighted by atomic mass is 10.1. The summed E-state index contributed by atoms with van der Waals surface area (Å²) >= 11 is 0. The highest BCUT2D eigenvalue weighted by molar-refractivity contribution is 6.00. The number of aryl methyl sites for hydroxylation is 3. The van der Waals surface area contributed by atoms with Crippen LogP contribution in [0.25, 0.3) is 0 Å². The van der Waals surface area contributed by atoms with Crippen molar-refractivity contribution in [3.05, 3.63) is 47.3 Å². The number of amides is 2. The minimum Gasteiger partial charge on any atom is -0.312 e. The number of nitrogens with zero attached hydrogens (tertiary/aromatic N) is 3. The van der Waals surface area contributed by atoms with Gasteiger partial charge in [0.25, 0.3) is 0 Å². The van der Waals surface area contributed by atoms with Crippen LogP contribution in [0.2, 0.25) is 0 Å². The van der Waals surface area contributed by atoms with Crippen LogP contribution in [-0.4, -0.2) is 28.3 Å². The van der Waals surface area contributed by atoms with Crippen molar-refractivity contribution in [1.29, 1.82) is 0 Å². The Bertz CT molecular complexity index is 799. The quantitative estimate of drug-likeness (QED) is 0.804. The van der Waals surface area contributed by atoms with Crippen LogP contribution in [0.3, 0.4) is 0 Å². The number of hydrogen-bond acceptors (Lipinski definition) is 5. The number of carbonyl (C=O) groups excluding carboxylic acids is 2. The molecule has 1 aliphatic heterocycles. The molecule has 1 aromatic carbocycles. The third-order valence-corrected chi connectivity index (χ3v) is 4.43. The average molecular weight is 353 g/mol. The predicted octanol–water partition coefficient (Wildman–Crippen LogP) is 2.15. The first-order chi connectivity index (χ1) is 12.5. The zero-order chi connectivity index (χ0) is 18.7. The van der Waals surface area contributed by atoms with E-state index in [4.69, 9.17) is 0 Å². The van der Waals surface area contributed by atoms with E-state index in [1.54, 1.807) is 4.90 Å². The Labute approximate surface area is 152 Å². The highest BCUT2D eigenvalue weighted by atomic mass is 16.2. The molecule has 1 fully saturated rings. The van der Waals surface area contributed by atoms with Gasteiger partial charge in [-0.1, -0.05) is 19.1 Å². The molecule has 7 heteroatoms. The molecular weight excluding hydrogens is 330 g/mol. The van der Waals surface area contributed by atoms with Gasteiger partial charge >= 0.3 is 0 Å². The van der Waals surface area contributed by atoms with Gasteiger partial charge in [-0.3, -0.25) is 20.4 Å². The van der Waals surface area contributed by atoms with Crippen LogP contribution in [-0.2, 0) is 16.0 Å². The largest absolute Gasteiger partial charge is 0.312 e. The van der Waals surface area contributed by atoms with E-state index in [-0.39, 0.29) is 18.2 Å². The Morgan fingerprint density at radius 3 is 2.46 bits per heavy atom. The van der Waals surface area contributed by atoms with Crippen molar-refractivity contribution in [1.82, 2.24) is 15.4 Å². The molecule has 1 aromatic heterocycles. The summed E-state index contributed by atoms with van der Waals surface area (Å²) in [4.78, 5) is 34.8. The molecular formula is C19H23N5O2. The lowest BCUT2D eigenvalue weighted by Gasteiger charge is -2.17. The molecule has 1 aliphatic rings. The van der Waals surface area contributed by atoms with E-state index < -0.39 is 5.92 Å². The monoisotopic (exact) mass is 353 g/mol. The van der Waals surface area contributed by atoms with Crippen molar-refractivity contribution in [2.75, 3.05) is 16.9 Å². The SMILES string of the molecule is CCc1ccc(N2CC(C(=O)NNc3nc(C)cc(C)n3)CC2=O)cc1. The molecule has 0 aliphatic carbocycles. The number of carbonyl (C=O) groups is 2. The number of hydrogen-bond donors (Lipinski definition) is 2. The van der Waals surface area contributed by atoms with Crippen molar-refractivity contribution in [3.8, 4) is 0 Å². The Morgan fingerprint density at radius 1 is 1.19 bits per heavy atom. The zero-order valence-corrected chi connectivity index (χ0v) is 15.2. The fourth-order valence-corrected chi connectivity index (χ4v) is 3.05. The minimum atomic E-state index is -0.410. The number of benzene rings is 1. The van der Waals surface area contributed by atoms with Crippen LogP contribution in [0.5, 0.6) is 0 Å². The van der Waals surface area contributed by atoms with Crippen LogP contribution < -0.4 is 15.8 Å². The predicted molar refractivity (Wildman–Crippen MR) is 99.6 cm³/mol. The number of hydrazine groups is 1. The van der Waals surface area contributed by atoms with E-state index in [1.165, 1.54) is 5.56 Å². The standard InChI is InChI=1S/C19H23N5O2/c1-4-14-5-7-16(8-6-14)24-11-15(10-17(24)25)18(26)22-23-19-20-12(2)9-13(3)21-19/h5-9,15H,4,10-11H2,1-3H3,(H,22,26)(H,20,21,23). The molecule has 2 aromatic rings. The summed E-state index contributed by atoms with van der Waals surface area (Å²) in [6, 6.07) is 9.73. The van der Waals surface area contributed by atoms with Gasteiger partial charge in [0.2, 0.25) is 17.8 Å². The van der Waals surface area contributed by atoms with Crippen LogP contribution in [0, 0.1) is 19.8 Å². The Kier molecular flexibility index (Phi) is 5.16. The van der Waals surface area contributed by atoms with Gasteiger partial charge in [0, 0.05) is 30.0 Å². The van der Waals surface area contributed by atoms with E-state index in [0.717, 1.165) is 23.5 Å². The van der Waals surface area contributed by atoms with Crippen molar-refractivity contribution in [2.24, 2.45) is 5.92 Å². The molecule has 2 N–H and O–H groups in total. The van der Waals surface area contributed by atoms with Crippen molar-refractivity contribution in [2.45, 2.75) is 33.6 Å². The maximum absolute atomic E-state index is 12.4. The maximum Gasteiger partial charge on any atom is 0.243 e. The second kappa shape index (κ2) is 7.51. The highest BCUT2D eigenvalue weighted by Gasteiger charge is 2.35. The van der Waals surface area contributed by atoms with E-state index >= 15 is 0 Å². The van der Waals surface area contributed by atoms with E-state index in [1.807, 2.05) is 44.2 Å². The third kappa shape index (κ3) is 3.99. The van der Waals surface area contributed by atoms with Gasteiger partial charge in [-0.05, 0) is 44.0 Å². The number of nitrogens with one attached hydrogen (secondary N) is 2. The summed E-state index contributed by atoms with van der Waals surface area (Å²) in [6.45, 7) is 6.17. The van der Waals surface area contributed by atoms with E-state index in [2.05, 4.69) is 27.7 Å². The summed E-state index contributed by atoms with van der Waals surface area (Å²) in [5, 5.41) is 0. The van der Waals surface area contributed by atoms with Gasteiger partial charge < -0.3 is 4.90 Å². The second-order valence-corrected chi connectivity index (χ2v) is 6.51. The molecule has 0 saturated carbocycles. The van der Waals surface area contributed by atoms with Crippen LogP contribution in [0.15, 0.2) is 30.3 Å². The molecule has 1 unspecified atom stereocenters. The molecule has 2 heterocycles. The fourth-order valence-electron chi connectivity index (χ4n) is 3.05. The molecule has 1 atom stereocenters. The lowest BCUT2D eigenvalue weighted by Crippen LogP contribution is -2.37. The molecule has 26 heavy (non-hydrogen) atoms. The smallest absolute Gasteiger partial charge is 0.243 e. The van der Waals surface area contributed by atoms with Crippen LogP contribution in [0.1, 0.15) is 30.3 Å². The molecule has 0 radical (unpaired) electrons. The number of rotatable bonds is 5. The molecule has 2 amide bonds. The van der Waals surface area contributed by atoms with Gasteiger partial charge in [-0.25, -0.2) is 9.97 Å². The lowest BCUT2D eigenvalue weighted by molar-refractivity contribution is -0.125. The third-order valence-electron chi connectivity index (χ3n) is 4.43.